The molecule has 0 saturated heterocycles. The molecule has 2 N–H and O–H groups in total. The summed E-state index contributed by atoms with van der Waals surface area (Å²) in [6, 6.07) is 2.71. The topological polar surface area (TPSA) is 42.2 Å². The molecule has 0 saturated carbocycles. The molecule has 0 spiro atoms. The Morgan fingerprint density at radius 1 is 1.44 bits per heavy atom. The first-order valence-corrected chi connectivity index (χ1v) is 6.08. The van der Waals surface area contributed by atoms with Gasteiger partial charge in [0.15, 0.2) is 0 Å². The highest BCUT2D eigenvalue weighted by atomic mass is 15.2. The lowest BCUT2D eigenvalue weighted by Crippen LogP contribution is -2.28. The van der Waals surface area contributed by atoms with E-state index in [0.717, 1.165) is 12.2 Å². The Balaban J connectivity index is 2.43. The average molecular weight is 219 g/mol. The predicted octanol–water partition coefficient (Wildman–Crippen LogP) is 1.87. The summed E-state index contributed by atoms with van der Waals surface area (Å²) in [6.07, 6.45) is 3.53. The van der Waals surface area contributed by atoms with Gasteiger partial charge in [-0.05, 0) is 44.7 Å². The minimum Gasteiger partial charge on any atom is -0.357 e. The molecule has 1 heterocycles. The molecular formula is C13H21N3. The van der Waals surface area contributed by atoms with Gasteiger partial charge in [0.1, 0.15) is 5.82 Å². The first-order valence-electron chi connectivity index (χ1n) is 6.08. The lowest BCUT2D eigenvalue weighted by molar-refractivity contribution is 0.733. The summed E-state index contributed by atoms with van der Waals surface area (Å²) >= 11 is 0. The molecule has 1 aliphatic carbocycles. The molecule has 16 heavy (non-hydrogen) atoms. The number of nitrogens with two attached hydrogens (primary N) is 1. The normalized spacial score (nSPS) is 14.3. The standard InChI is InChI=1S/C13H21N3/c1-9(2)16(3)13-11(8-14)7-10-5-4-6-12(10)15-13/h7,9H,4-6,8,14H2,1-3H3. The lowest BCUT2D eigenvalue weighted by Gasteiger charge is -2.25. The van der Waals surface area contributed by atoms with Crippen molar-refractivity contribution in [3.63, 3.8) is 0 Å². The number of aryl methyl sites for hydroxylation is 2. The van der Waals surface area contributed by atoms with Crippen LogP contribution in [0.15, 0.2) is 6.07 Å². The first kappa shape index (κ1) is 11.4. The van der Waals surface area contributed by atoms with Gasteiger partial charge in [-0.25, -0.2) is 4.98 Å². The summed E-state index contributed by atoms with van der Waals surface area (Å²) in [5.41, 5.74) is 9.68. The van der Waals surface area contributed by atoms with Gasteiger partial charge in [0.05, 0.1) is 0 Å². The highest BCUT2D eigenvalue weighted by molar-refractivity contribution is 5.50. The zero-order valence-electron chi connectivity index (χ0n) is 10.5. The second-order valence-corrected chi connectivity index (χ2v) is 4.84. The summed E-state index contributed by atoms with van der Waals surface area (Å²) in [7, 11) is 2.09. The van der Waals surface area contributed by atoms with Crippen molar-refractivity contribution in [2.75, 3.05) is 11.9 Å². The number of nitrogens with zero attached hydrogens (tertiary/aromatic N) is 2. The van der Waals surface area contributed by atoms with Crippen LogP contribution in [0.4, 0.5) is 5.82 Å². The zero-order valence-corrected chi connectivity index (χ0v) is 10.5. The Morgan fingerprint density at radius 2 is 2.19 bits per heavy atom. The monoisotopic (exact) mass is 219 g/mol. The van der Waals surface area contributed by atoms with Gasteiger partial charge in [-0.15, -0.1) is 0 Å². The average Bonchev–Trinajstić information content (AvgIpc) is 2.72. The van der Waals surface area contributed by atoms with E-state index in [-0.39, 0.29) is 0 Å². The van der Waals surface area contributed by atoms with Crippen LogP contribution in [0, 0.1) is 0 Å². The van der Waals surface area contributed by atoms with Crippen LogP contribution in [0.5, 0.6) is 0 Å². The van der Waals surface area contributed by atoms with E-state index in [9.17, 15) is 0 Å². The van der Waals surface area contributed by atoms with Crippen LogP contribution in [-0.4, -0.2) is 18.1 Å². The minimum atomic E-state index is 0.456. The zero-order chi connectivity index (χ0) is 11.7. The third-order valence-corrected chi connectivity index (χ3v) is 3.44. The van der Waals surface area contributed by atoms with Crippen LogP contribution >= 0.6 is 0 Å². The maximum absolute atomic E-state index is 5.82. The number of hydrogen-bond acceptors (Lipinski definition) is 3. The number of anilines is 1. The van der Waals surface area contributed by atoms with E-state index in [4.69, 9.17) is 10.7 Å². The van der Waals surface area contributed by atoms with E-state index in [1.54, 1.807) is 0 Å². The third-order valence-electron chi connectivity index (χ3n) is 3.44. The van der Waals surface area contributed by atoms with Gasteiger partial charge >= 0.3 is 0 Å². The van der Waals surface area contributed by atoms with E-state index < -0.39 is 0 Å². The summed E-state index contributed by atoms with van der Waals surface area (Å²) in [5.74, 6) is 1.07. The number of aromatic nitrogens is 1. The predicted molar refractivity (Wildman–Crippen MR) is 67.7 cm³/mol. The molecule has 1 aromatic heterocycles. The highest BCUT2D eigenvalue weighted by Crippen LogP contribution is 2.27. The van der Waals surface area contributed by atoms with Crippen molar-refractivity contribution in [3.05, 3.63) is 22.9 Å². The van der Waals surface area contributed by atoms with Gasteiger partial charge in [-0.1, -0.05) is 0 Å². The van der Waals surface area contributed by atoms with Crippen molar-refractivity contribution in [3.8, 4) is 0 Å². The molecule has 0 aliphatic heterocycles. The minimum absolute atomic E-state index is 0.456. The molecule has 1 aromatic rings. The number of hydrogen-bond donors (Lipinski definition) is 1. The van der Waals surface area contributed by atoms with Crippen LogP contribution in [0.3, 0.4) is 0 Å². The van der Waals surface area contributed by atoms with Crippen molar-refractivity contribution >= 4 is 5.82 Å². The summed E-state index contributed by atoms with van der Waals surface area (Å²) in [6.45, 7) is 4.93. The van der Waals surface area contributed by atoms with Crippen LogP contribution in [0.2, 0.25) is 0 Å². The van der Waals surface area contributed by atoms with Gasteiger partial charge < -0.3 is 10.6 Å². The first-order chi connectivity index (χ1) is 7.63. The van der Waals surface area contributed by atoms with Crippen molar-refractivity contribution in [1.29, 1.82) is 0 Å². The quantitative estimate of drug-likeness (QED) is 0.844. The molecule has 88 valence electrons. The van der Waals surface area contributed by atoms with Crippen molar-refractivity contribution in [1.82, 2.24) is 4.98 Å². The van der Waals surface area contributed by atoms with E-state index in [2.05, 4.69) is 31.9 Å². The fourth-order valence-corrected chi connectivity index (χ4v) is 2.21. The van der Waals surface area contributed by atoms with Crippen LogP contribution in [0.25, 0.3) is 0 Å². The molecular weight excluding hydrogens is 198 g/mol. The summed E-state index contributed by atoms with van der Waals surface area (Å²) in [4.78, 5) is 7.00. The maximum Gasteiger partial charge on any atom is 0.133 e. The molecule has 0 unspecified atom stereocenters. The number of pyridine rings is 1. The molecule has 0 bridgehead atoms. The molecule has 0 fully saturated rings. The molecule has 2 rings (SSSR count). The summed E-state index contributed by atoms with van der Waals surface area (Å²) in [5, 5.41) is 0. The number of rotatable bonds is 3. The molecule has 3 heteroatoms. The third kappa shape index (κ3) is 1.92. The fraction of sp³-hybridized carbons (Fsp3) is 0.615. The van der Waals surface area contributed by atoms with Gasteiger partial charge in [-0.2, -0.15) is 0 Å². The van der Waals surface area contributed by atoms with E-state index in [0.29, 0.717) is 12.6 Å². The Morgan fingerprint density at radius 3 is 2.81 bits per heavy atom. The van der Waals surface area contributed by atoms with Gasteiger partial charge in [-0.3, -0.25) is 0 Å². The molecule has 0 aromatic carbocycles. The second-order valence-electron chi connectivity index (χ2n) is 4.84. The lowest BCUT2D eigenvalue weighted by atomic mass is 10.1. The van der Waals surface area contributed by atoms with Gasteiger partial charge in [0.2, 0.25) is 0 Å². The van der Waals surface area contributed by atoms with Crippen molar-refractivity contribution in [2.24, 2.45) is 5.73 Å². The van der Waals surface area contributed by atoms with E-state index >= 15 is 0 Å². The van der Waals surface area contributed by atoms with Crippen LogP contribution in [0.1, 0.15) is 37.1 Å². The van der Waals surface area contributed by atoms with Crippen molar-refractivity contribution in [2.45, 2.75) is 45.7 Å². The fourth-order valence-electron chi connectivity index (χ4n) is 2.21. The smallest absolute Gasteiger partial charge is 0.133 e. The Kier molecular flexibility index (Phi) is 3.15. The molecule has 0 radical (unpaired) electrons. The largest absolute Gasteiger partial charge is 0.357 e. The van der Waals surface area contributed by atoms with E-state index in [1.165, 1.54) is 29.7 Å². The van der Waals surface area contributed by atoms with Crippen LogP contribution in [-0.2, 0) is 19.4 Å². The van der Waals surface area contributed by atoms with E-state index in [1.807, 2.05) is 0 Å². The highest BCUT2D eigenvalue weighted by Gasteiger charge is 2.18. The van der Waals surface area contributed by atoms with Gasteiger partial charge in [0, 0.05) is 30.9 Å². The molecule has 1 aliphatic rings. The van der Waals surface area contributed by atoms with Gasteiger partial charge in [0.25, 0.3) is 0 Å². The Bertz CT molecular complexity index is 385. The molecule has 0 atom stereocenters. The molecule has 0 amide bonds. The second kappa shape index (κ2) is 4.42. The Labute approximate surface area is 97.7 Å². The Hall–Kier alpha value is -1.09. The number of fused-ring (bicyclic) bond motifs is 1. The SMILES string of the molecule is CC(C)N(C)c1nc2c(cc1CN)CCC2. The van der Waals surface area contributed by atoms with Crippen molar-refractivity contribution < 1.29 is 0 Å². The van der Waals surface area contributed by atoms with Crippen LogP contribution < -0.4 is 10.6 Å². The molecule has 3 nitrogen and oxygen atoms in total. The maximum atomic E-state index is 5.82. The summed E-state index contributed by atoms with van der Waals surface area (Å²) < 4.78 is 0.